The number of rotatable bonds is 3. The van der Waals surface area contributed by atoms with Crippen molar-refractivity contribution in [2.75, 3.05) is 5.32 Å². The molecule has 7 heteroatoms. The first-order chi connectivity index (χ1) is 9.68. The molecular weight excluding hydrogens is 294 g/mol. The zero-order valence-electron chi connectivity index (χ0n) is 11.8. The first-order valence-corrected chi connectivity index (χ1v) is 8.08. The molecule has 0 saturated carbocycles. The smallest absolute Gasteiger partial charge is 0.324 e. The fraction of sp³-hybridized carbons (Fsp3) is 0.429. The largest absolute Gasteiger partial charge is 0.480 e. The molecule has 1 heterocycles. The number of aryl methyl sites for hydroxylation is 1. The number of benzene rings is 1. The Balaban J connectivity index is 2.40. The van der Waals surface area contributed by atoms with Crippen molar-refractivity contribution in [2.45, 2.75) is 36.7 Å². The van der Waals surface area contributed by atoms with E-state index >= 15 is 0 Å². The molecule has 0 aromatic heterocycles. The molecule has 0 aliphatic carbocycles. The second kappa shape index (κ2) is 5.14. The second-order valence-corrected chi connectivity index (χ2v) is 8.21. The summed E-state index contributed by atoms with van der Waals surface area (Å²) in [5.74, 6) is -2.13. The van der Waals surface area contributed by atoms with Crippen LogP contribution in [-0.4, -0.2) is 35.4 Å². The number of aliphatic carboxylic acids is 1. The number of carboxylic acids is 1. The van der Waals surface area contributed by atoms with Crippen molar-refractivity contribution >= 4 is 27.4 Å². The van der Waals surface area contributed by atoms with Crippen molar-refractivity contribution < 1.29 is 23.1 Å². The van der Waals surface area contributed by atoms with Crippen molar-refractivity contribution in [3.63, 3.8) is 0 Å². The topological polar surface area (TPSA) is 101 Å². The van der Waals surface area contributed by atoms with Gasteiger partial charge in [0, 0.05) is 5.69 Å². The molecule has 0 radical (unpaired) electrons. The normalized spacial score (nSPS) is 19.3. The minimum absolute atomic E-state index is 0.0713. The summed E-state index contributed by atoms with van der Waals surface area (Å²) in [5.41, 5.74) is 1.42. The second-order valence-electron chi connectivity index (χ2n) is 5.53. The van der Waals surface area contributed by atoms with Crippen molar-refractivity contribution in [3.05, 3.63) is 29.8 Å². The van der Waals surface area contributed by atoms with Gasteiger partial charge in [-0.15, -0.1) is 0 Å². The highest BCUT2D eigenvalue weighted by Gasteiger charge is 2.49. The Labute approximate surface area is 123 Å². The molecular formula is C14H17NO5S. The van der Waals surface area contributed by atoms with Crippen molar-refractivity contribution in [1.29, 1.82) is 0 Å². The van der Waals surface area contributed by atoms with Crippen LogP contribution < -0.4 is 5.32 Å². The number of fused-ring (bicyclic) bond motifs is 1. The van der Waals surface area contributed by atoms with Crippen molar-refractivity contribution in [2.24, 2.45) is 0 Å². The Morgan fingerprint density at radius 1 is 1.33 bits per heavy atom. The van der Waals surface area contributed by atoms with Crippen LogP contribution in [0.2, 0.25) is 0 Å². The average Bonchev–Trinajstić information content (AvgIpc) is 2.56. The van der Waals surface area contributed by atoms with Gasteiger partial charge in [-0.05, 0) is 38.3 Å². The zero-order chi connectivity index (χ0) is 15.8. The van der Waals surface area contributed by atoms with E-state index in [2.05, 4.69) is 5.32 Å². The number of carboxylic acid groups (broad SMARTS) is 1. The molecule has 0 bridgehead atoms. The molecule has 21 heavy (non-hydrogen) atoms. The lowest BCUT2D eigenvalue weighted by molar-refractivity contribution is -0.139. The molecule has 1 atom stereocenters. The summed E-state index contributed by atoms with van der Waals surface area (Å²) in [4.78, 5) is 23.4. The van der Waals surface area contributed by atoms with E-state index in [0.717, 1.165) is 19.4 Å². The van der Waals surface area contributed by atoms with E-state index in [1.807, 2.05) is 6.07 Å². The molecule has 1 aromatic carbocycles. The molecule has 1 aliphatic heterocycles. The van der Waals surface area contributed by atoms with Gasteiger partial charge >= 0.3 is 5.97 Å². The molecule has 1 aromatic rings. The zero-order valence-corrected chi connectivity index (χ0v) is 12.6. The van der Waals surface area contributed by atoms with Crippen LogP contribution in [-0.2, 0) is 25.8 Å². The number of hydrogen-bond acceptors (Lipinski definition) is 4. The number of sulfone groups is 1. The van der Waals surface area contributed by atoms with Gasteiger partial charge in [-0.2, -0.15) is 0 Å². The van der Waals surface area contributed by atoms with Gasteiger partial charge in [0.05, 0.1) is 0 Å². The number of carbonyl (C=O) groups excluding carboxylic acids is 1. The van der Waals surface area contributed by atoms with Gasteiger partial charge in [-0.3, -0.25) is 9.59 Å². The summed E-state index contributed by atoms with van der Waals surface area (Å²) >= 11 is 0. The van der Waals surface area contributed by atoms with Crippen LogP contribution in [0.25, 0.3) is 0 Å². The van der Waals surface area contributed by atoms with Crippen molar-refractivity contribution in [3.8, 4) is 0 Å². The molecule has 6 nitrogen and oxygen atoms in total. The average molecular weight is 311 g/mol. The van der Waals surface area contributed by atoms with Crippen LogP contribution >= 0.6 is 0 Å². The number of anilines is 1. The highest BCUT2D eigenvalue weighted by molar-refractivity contribution is 7.94. The number of nitrogens with one attached hydrogen (secondary N) is 1. The minimum Gasteiger partial charge on any atom is -0.480 e. The van der Waals surface area contributed by atoms with E-state index in [0.29, 0.717) is 12.1 Å². The first-order valence-electron chi connectivity index (χ1n) is 6.53. The Morgan fingerprint density at radius 3 is 2.57 bits per heavy atom. The van der Waals surface area contributed by atoms with Gasteiger partial charge in [0.25, 0.3) is 0 Å². The first kappa shape index (κ1) is 15.5. The van der Waals surface area contributed by atoms with E-state index < -0.39 is 31.7 Å². The maximum Gasteiger partial charge on any atom is 0.324 e. The van der Waals surface area contributed by atoms with Crippen LogP contribution in [0.5, 0.6) is 0 Å². The quantitative estimate of drug-likeness (QED) is 0.874. The predicted octanol–water partition coefficient (Wildman–Crippen LogP) is 1.22. The highest BCUT2D eigenvalue weighted by Crippen LogP contribution is 2.29. The monoisotopic (exact) mass is 311 g/mol. The van der Waals surface area contributed by atoms with Crippen LogP contribution in [0.3, 0.4) is 0 Å². The Morgan fingerprint density at radius 2 is 1.95 bits per heavy atom. The number of carbonyl (C=O) groups is 2. The summed E-state index contributed by atoms with van der Waals surface area (Å²) in [6.45, 7) is 2.21. The lowest BCUT2D eigenvalue weighted by atomic mass is 10.1. The Hall–Kier alpha value is -1.89. The maximum absolute atomic E-state index is 12.5. The third kappa shape index (κ3) is 2.53. The molecule has 2 rings (SSSR count). The van der Waals surface area contributed by atoms with Gasteiger partial charge in [0.15, 0.2) is 14.6 Å². The van der Waals surface area contributed by atoms with Gasteiger partial charge < -0.3 is 10.4 Å². The van der Waals surface area contributed by atoms with E-state index in [-0.39, 0.29) is 6.42 Å². The fourth-order valence-corrected chi connectivity index (χ4v) is 3.99. The van der Waals surface area contributed by atoms with E-state index in [4.69, 9.17) is 5.11 Å². The maximum atomic E-state index is 12.5. The van der Waals surface area contributed by atoms with E-state index in [1.165, 1.54) is 0 Å². The van der Waals surface area contributed by atoms with E-state index in [1.54, 1.807) is 18.2 Å². The SMILES string of the molecule is CC(C)(C(=O)O)S(=O)(=O)C1CCc2ccccc2NC1=O. The van der Waals surface area contributed by atoms with Crippen LogP contribution in [0.1, 0.15) is 25.8 Å². The van der Waals surface area contributed by atoms with Crippen LogP contribution in [0.15, 0.2) is 24.3 Å². The predicted molar refractivity (Wildman–Crippen MR) is 77.8 cm³/mol. The summed E-state index contributed by atoms with van der Waals surface area (Å²) in [7, 11) is -4.16. The lowest BCUT2D eigenvalue weighted by Crippen LogP contribution is -2.49. The molecule has 1 unspecified atom stereocenters. The van der Waals surface area contributed by atoms with Gasteiger partial charge in [-0.1, -0.05) is 18.2 Å². The summed E-state index contributed by atoms with van der Waals surface area (Å²) in [6, 6.07) is 7.06. The lowest BCUT2D eigenvalue weighted by Gasteiger charge is -2.24. The number of para-hydroxylation sites is 1. The summed E-state index contributed by atoms with van der Waals surface area (Å²) < 4.78 is 23.0. The fourth-order valence-electron chi connectivity index (χ4n) is 2.26. The molecule has 1 aliphatic rings. The van der Waals surface area contributed by atoms with Gasteiger partial charge in [0.2, 0.25) is 5.91 Å². The minimum atomic E-state index is -4.16. The molecule has 0 fully saturated rings. The van der Waals surface area contributed by atoms with Crippen molar-refractivity contribution in [1.82, 2.24) is 0 Å². The Bertz CT molecular complexity index is 693. The molecule has 1 amide bonds. The van der Waals surface area contributed by atoms with E-state index in [9.17, 15) is 18.0 Å². The molecule has 2 N–H and O–H groups in total. The molecule has 0 spiro atoms. The summed E-state index contributed by atoms with van der Waals surface area (Å²) in [6.07, 6.45) is 0.469. The number of amides is 1. The van der Waals surface area contributed by atoms with Crippen LogP contribution in [0, 0.1) is 0 Å². The number of hydrogen-bond donors (Lipinski definition) is 2. The van der Waals surface area contributed by atoms with Gasteiger partial charge in [0.1, 0.15) is 5.25 Å². The molecule has 114 valence electrons. The standard InChI is InChI=1S/C14H17NO5S/c1-14(2,13(17)18)21(19,20)11-8-7-9-5-3-4-6-10(9)15-12(11)16/h3-6,11H,7-8H2,1-2H3,(H,15,16)(H,17,18). The Kier molecular flexibility index (Phi) is 3.79. The molecule has 0 saturated heterocycles. The third-order valence-electron chi connectivity index (χ3n) is 3.84. The van der Waals surface area contributed by atoms with Gasteiger partial charge in [-0.25, -0.2) is 8.42 Å². The van der Waals surface area contributed by atoms with Crippen LogP contribution in [0.4, 0.5) is 5.69 Å². The third-order valence-corrected chi connectivity index (χ3v) is 6.64. The highest BCUT2D eigenvalue weighted by atomic mass is 32.2. The summed E-state index contributed by atoms with van der Waals surface area (Å²) in [5, 5.41) is 10.3.